The van der Waals surface area contributed by atoms with Crippen molar-refractivity contribution in [2.24, 2.45) is 5.92 Å². The van der Waals surface area contributed by atoms with Crippen molar-refractivity contribution in [1.82, 2.24) is 0 Å². The maximum absolute atomic E-state index is 2.42. The van der Waals surface area contributed by atoms with Crippen LogP contribution in [0.3, 0.4) is 0 Å². The van der Waals surface area contributed by atoms with Crippen LogP contribution in [-0.2, 0) is 11.4 Å². The van der Waals surface area contributed by atoms with E-state index in [0.29, 0.717) is 0 Å². The summed E-state index contributed by atoms with van der Waals surface area (Å²) in [7, 11) is 0. The Kier molecular flexibility index (Phi) is 7.01. The van der Waals surface area contributed by atoms with Gasteiger partial charge in [-0.25, -0.2) is 0 Å². The molecule has 1 aliphatic carbocycles. The van der Waals surface area contributed by atoms with Crippen LogP contribution in [0.1, 0.15) is 81.8 Å². The number of benzene rings is 1. The van der Waals surface area contributed by atoms with E-state index in [0.717, 1.165) is 11.8 Å². The summed E-state index contributed by atoms with van der Waals surface area (Å²) in [5, 5.41) is 0. The number of hydrogen-bond donors (Lipinski definition) is 0. The Labute approximate surface area is 150 Å². The number of thioether (sulfide) groups is 1. The van der Waals surface area contributed by atoms with Gasteiger partial charge >= 0.3 is 0 Å². The smallest absolute Gasteiger partial charge is 0.0654 e. The first-order valence-corrected chi connectivity index (χ1v) is 11.6. The maximum Gasteiger partial charge on any atom is 0.265 e. The van der Waals surface area contributed by atoms with Crippen molar-refractivity contribution < 1.29 is 0 Å². The Balaban J connectivity index is 1.51. The monoisotopic (exact) mass is 347 g/mol. The van der Waals surface area contributed by atoms with Gasteiger partial charge in [0.2, 0.25) is 0 Å². The van der Waals surface area contributed by atoms with Crippen molar-refractivity contribution in [2.45, 2.75) is 70.6 Å². The molecule has 0 aromatic heterocycles. The number of hydrogen-bond acceptors (Lipinski definition) is 1. The normalized spacial score (nSPS) is 25.2. The molecule has 126 valence electrons. The summed E-state index contributed by atoms with van der Waals surface area (Å²) < 4.78 is 1.54. The van der Waals surface area contributed by atoms with E-state index in [-0.39, 0.29) is 0 Å². The molecular weight excluding hydrogens is 316 g/mol. The van der Waals surface area contributed by atoms with Gasteiger partial charge in [-0.15, -0.1) is 0 Å². The molecular formula is C21H31S2+. The van der Waals surface area contributed by atoms with Crippen LogP contribution < -0.4 is 0 Å². The second-order valence-electron chi connectivity index (χ2n) is 7.17. The third kappa shape index (κ3) is 5.06. The van der Waals surface area contributed by atoms with E-state index >= 15 is 0 Å². The van der Waals surface area contributed by atoms with E-state index < -0.39 is 0 Å². The summed E-state index contributed by atoms with van der Waals surface area (Å²) in [5.74, 6) is 4.43. The highest BCUT2D eigenvalue weighted by molar-refractivity contribution is 8.23. The van der Waals surface area contributed by atoms with Gasteiger partial charge in [0, 0.05) is 17.7 Å². The second-order valence-corrected chi connectivity index (χ2v) is 9.64. The highest BCUT2D eigenvalue weighted by Crippen LogP contribution is 2.38. The molecule has 1 aliphatic heterocycles. The molecule has 23 heavy (non-hydrogen) atoms. The summed E-state index contributed by atoms with van der Waals surface area (Å²) in [4.78, 5) is 0. The lowest BCUT2D eigenvalue weighted by Crippen LogP contribution is -2.13. The lowest BCUT2D eigenvalue weighted by molar-refractivity contribution is 0.303. The Bertz CT molecular complexity index is 495. The molecule has 0 radical (unpaired) electrons. The van der Waals surface area contributed by atoms with Crippen LogP contribution >= 0.6 is 11.8 Å². The first kappa shape index (κ1) is 17.5. The second kappa shape index (κ2) is 9.22. The average Bonchev–Trinajstić information content (AvgIpc) is 2.63. The minimum absolute atomic E-state index is 0.822. The van der Waals surface area contributed by atoms with Gasteiger partial charge in [-0.05, 0) is 55.2 Å². The topological polar surface area (TPSA) is 0 Å². The van der Waals surface area contributed by atoms with Crippen molar-refractivity contribution in [3.05, 3.63) is 35.4 Å². The molecule has 1 aromatic rings. The summed E-state index contributed by atoms with van der Waals surface area (Å²) in [6.45, 7) is 2.31. The van der Waals surface area contributed by atoms with E-state index in [4.69, 9.17) is 0 Å². The first-order valence-electron chi connectivity index (χ1n) is 9.59. The molecule has 0 bridgehead atoms. The highest BCUT2D eigenvalue weighted by Gasteiger charge is 2.23. The van der Waals surface area contributed by atoms with Gasteiger partial charge in [-0.2, -0.15) is 0 Å². The van der Waals surface area contributed by atoms with E-state index in [2.05, 4.69) is 31.2 Å². The zero-order valence-corrected chi connectivity index (χ0v) is 16.2. The Morgan fingerprint density at radius 2 is 1.83 bits per heavy atom. The zero-order valence-electron chi connectivity index (χ0n) is 14.6. The number of rotatable bonds is 6. The van der Waals surface area contributed by atoms with Gasteiger partial charge in [-0.3, -0.25) is 0 Å². The van der Waals surface area contributed by atoms with Crippen LogP contribution in [0.15, 0.2) is 24.3 Å². The van der Waals surface area contributed by atoms with Crippen LogP contribution in [0, 0.1) is 5.92 Å². The zero-order chi connectivity index (χ0) is 15.9. The minimum atomic E-state index is 0.822. The molecule has 1 saturated carbocycles. The fourth-order valence-electron chi connectivity index (χ4n) is 3.96. The van der Waals surface area contributed by atoms with Crippen LogP contribution in [0.2, 0.25) is 0 Å². The van der Waals surface area contributed by atoms with Crippen LogP contribution in [0.25, 0.3) is 0 Å². The van der Waals surface area contributed by atoms with Crippen molar-refractivity contribution in [3.8, 4) is 0 Å². The Morgan fingerprint density at radius 1 is 1.04 bits per heavy atom. The van der Waals surface area contributed by atoms with E-state index in [1.54, 1.807) is 9.76 Å². The molecule has 0 unspecified atom stereocenters. The standard InChI is InChI=1S/C21H31S2/c1-2-3-4-6-17-7-9-18(10-8-17)19-11-13-20(14-12-19)21-22-15-5-16-23-21/h11-14,17-18H,2-10,15-16H2,1H3/q+1. The van der Waals surface area contributed by atoms with Gasteiger partial charge in [-0.1, -0.05) is 56.5 Å². The SMILES string of the molecule is CCCCCC1CCC(c2ccc(C3=[S+]CCCS3)cc2)CC1. The van der Waals surface area contributed by atoms with Gasteiger partial charge in [0.25, 0.3) is 4.20 Å². The summed E-state index contributed by atoms with van der Waals surface area (Å²) >= 11 is 4.09. The third-order valence-electron chi connectivity index (χ3n) is 5.44. The van der Waals surface area contributed by atoms with E-state index in [1.165, 1.54) is 74.9 Å². The molecule has 0 N–H and O–H groups in total. The molecule has 0 amide bonds. The van der Waals surface area contributed by atoms with Crippen LogP contribution in [0.5, 0.6) is 0 Å². The Morgan fingerprint density at radius 3 is 2.48 bits per heavy atom. The van der Waals surface area contributed by atoms with Gasteiger partial charge in [0.05, 0.1) is 0 Å². The molecule has 1 fully saturated rings. The third-order valence-corrected chi connectivity index (χ3v) is 8.12. The summed E-state index contributed by atoms with van der Waals surface area (Å²) in [6.07, 6.45) is 12.8. The maximum atomic E-state index is 2.42. The summed E-state index contributed by atoms with van der Waals surface area (Å²) in [6, 6.07) is 9.59. The summed E-state index contributed by atoms with van der Waals surface area (Å²) in [5.41, 5.74) is 3.05. The molecule has 0 spiro atoms. The highest BCUT2D eigenvalue weighted by atomic mass is 32.2. The molecule has 2 heteroatoms. The lowest BCUT2D eigenvalue weighted by atomic mass is 9.77. The predicted octanol–water partition coefficient (Wildman–Crippen LogP) is 6.24. The van der Waals surface area contributed by atoms with E-state index in [9.17, 15) is 0 Å². The molecule has 0 nitrogen and oxygen atoms in total. The Hall–Kier alpha value is -0.340. The average molecular weight is 348 g/mol. The lowest BCUT2D eigenvalue weighted by Gasteiger charge is -2.29. The van der Waals surface area contributed by atoms with Crippen LogP contribution in [0.4, 0.5) is 0 Å². The van der Waals surface area contributed by atoms with E-state index in [1.807, 2.05) is 23.1 Å². The minimum Gasteiger partial charge on any atom is -0.0654 e. The molecule has 0 saturated heterocycles. The first-order chi connectivity index (χ1) is 11.4. The fraction of sp³-hybridized carbons (Fsp3) is 0.667. The van der Waals surface area contributed by atoms with Gasteiger partial charge in [0.1, 0.15) is 0 Å². The molecule has 2 aliphatic rings. The molecule has 1 heterocycles. The van der Waals surface area contributed by atoms with Crippen molar-refractivity contribution in [1.29, 1.82) is 0 Å². The predicted molar refractivity (Wildman–Crippen MR) is 109 cm³/mol. The van der Waals surface area contributed by atoms with Crippen molar-refractivity contribution >= 4 is 27.3 Å². The largest absolute Gasteiger partial charge is 0.265 e. The van der Waals surface area contributed by atoms with Gasteiger partial charge in [0.15, 0.2) is 17.1 Å². The van der Waals surface area contributed by atoms with Crippen LogP contribution in [-0.4, -0.2) is 15.7 Å². The van der Waals surface area contributed by atoms with Gasteiger partial charge < -0.3 is 0 Å². The number of unbranched alkanes of at least 4 members (excludes halogenated alkanes) is 2. The fourth-order valence-corrected chi connectivity index (χ4v) is 6.53. The van der Waals surface area contributed by atoms with Crippen molar-refractivity contribution in [3.63, 3.8) is 0 Å². The molecule has 3 rings (SSSR count). The van der Waals surface area contributed by atoms with Crippen molar-refractivity contribution in [2.75, 3.05) is 11.5 Å². The molecule has 0 atom stereocenters. The quantitative estimate of drug-likeness (QED) is 0.333. The molecule has 1 aromatic carbocycles.